The second kappa shape index (κ2) is 10.6. The number of carbonyl (C=O) groups excluding carboxylic acids is 1. The third-order valence-electron chi connectivity index (χ3n) is 6.71. The van der Waals surface area contributed by atoms with Crippen molar-refractivity contribution in [2.24, 2.45) is 0 Å². The second-order valence-electron chi connectivity index (χ2n) is 8.90. The fourth-order valence-electron chi connectivity index (χ4n) is 4.79. The van der Waals surface area contributed by atoms with Gasteiger partial charge in [0.1, 0.15) is 5.75 Å². The standard InChI is InChI=1S/C27H31N5O2S/c1-3-34-21-15-13-20(14-16-21)32-26(23-17-28-24-12-8-7-11-22(23)24)29-30-27(32)35-18-25(33)31(2)19-9-5-4-6-10-19/h7-8,11-17,19,28H,3-6,9-10,18H2,1-2H3. The zero-order valence-electron chi connectivity index (χ0n) is 20.2. The van der Waals surface area contributed by atoms with Crippen LogP contribution in [0, 0.1) is 0 Å². The maximum Gasteiger partial charge on any atom is 0.233 e. The molecule has 0 atom stereocenters. The zero-order chi connectivity index (χ0) is 24.2. The summed E-state index contributed by atoms with van der Waals surface area (Å²) in [5.74, 6) is 2.02. The van der Waals surface area contributed by atoms with Crippen LogP contribution in [-0.4, -0.2) is 56.0 Å². The number of rotatable bonds is 8. The van der Waals surface area contributed by atoms with Crippen LogP contribution in [0.25, 0.3) is 28.0 Å². The molecule has 1 aliphatic carbocycles. The predicted octanol–water partition coefficient (Wildman–Crippen LogP) is 5.70. The van der Waals surface area contributed by atoms with Crippen LogP contribution >= 0.6 is 11.8 Å². The van der Waals surface area contributed by atoms with Gasteiger partial charge in [-0.2, -0.15) is 0 Å². The van der Waals surface area contributed by atoms with Crippen LogP contribution in [0.15, 0.2) is 59.9 Å². The molecule has 0 aliphatic heterocycles. The number of aromatic amines is 1. The molecule has 2 aromatic heterocycles. The molecule has 1 fully saturated rings. The van der Waals surface area contributed by atoms with E-state index in [9.17, 15) is 4.79 Å². The number of amides is 1. The number of fused-ring (bicyclic) bond motifs is 1. The molecule has 8 heteroatoms. The lowest BCUT2D eigenvalue weighted by Gasteiger charge is -2.31. The van der Waals surface area contributed by atoms with Gasteiger partial charge in [0.25, 0.3) is 0 Å². The van der Waals surface area contributed by atoms with E-state index in [1.807, 2.05) is 72.1 Å². The fourth-order valence-corrected chi connectivity index (χ4v) is 5.66. The third-order valence-corrected chi connectivity index (χ3v) is 7.62. The highest BCUT2D eigenvalue weighted by atomic mass is 32.2. The van der Waals surface area contributed by atoms with Crippen molar-refractivity contribution in [1.82, 2.24) is 24.6 Å². The summed E-state index contributed by atoms with van der Waals surface area (Å²) in [7, 11) is 1.94. The highest BCUT2D eigenvalue weighted by Gasteiger charge is 2.24. The van der Waals surface area contributed by atoms with Crippen LogP contribution in [0.1, 0.15) is 39.0 Å². The SMILES string of the molecule is CCOc1ccc(-n2c(SCC(=O)N(C)C3CCCCC3)nnc2-c2c[nH]c3ccccc23)cc1. The smallest absolute Gasteiger partial charge is 0.233 e. The minimum Gasteiger partial charge on any atom is -0.494 e. The van der Waals surface area contributed by atoms with Gasteiger partial charge in [0.15, 0.2) is 11.0 Å². The van der Waals surface area contributed by atoms with Crippen LogP contribution in [0.2, 0.25) is 0 Å². The molecular formula is C27H31N5O2S. The zero-order valence-corrected chi connectivity index (χ0v) is 21.1. The first-order valence-corrected chi connectivity index (χ1v) is 13.3. The van der Waals surface area contributed by atoms with Gasteiger partial charge in [-0.15, -0.1) is 10.2 Å². The number of hydrogen-bond acceptors (Lipinski definition) is 5. The van der Waals surface area contributed by atoms with E-state index >= 15 is 0 Å². The molecule has 0 unspecified atom stereocenters. The normalized spacial score (nSPS) is 14.3. The summed E-state index contributed by atoms with van der Waals surface area (Å²) in [5.41, 5.74) is 2.94. The van der Waals surface area contributed by atoms with Crippen molar-refractivity contribution in [2.75, 3.05) is 19.4 Å². The summed E-state index contributed by atoms with van der Waals surface area (Å²) in [5, 5.41) is 10.9. The number of thioether (sulfide) groups is 1. The Morgan fingerprint density at radius 2 is 1.89 bits per heavy atom. The van der Waals surface area contributed by atoms with Crippen LogP contribution in [0.4, 0.5) is 0 Å². The molecule has 0 saturated heterocycles. The van der Waals surface area contributed by atoms with E-state index in [2.05, 4.69) is 21.2 Å². The monoisotopic (exact) mass is 489 g/mol. The largest absolute Gasteiger partial charge is 0.494 e. The number of nitrogens with zero attached hydrogens (tertiary/aromatic N) is 4. The highest BCUT2D eigenvalue weighted by molar-refractivity contribution is 7.99. The molecule has 7 nitrogen and oxygen atoms in total. The van der Waals surface area contributed by atoms with Crippen LogP contribution in [0.5, 0.6) is 5.75 Å². The third kappa shape index (κ3) is 4.93. The summed E-state index contributed by atoms with van der Waals surface area (Å²) in [6.45, 7) is 2.59. The molecule has 0 radical (unpaired) electrons. The van der Waals surface area contributed by atoms with E-state index in [-0.39, 0.29) is 5.91 Å². The summed E-state index contributed by atoms with van der Waals surface area (Å²) in [4.78, 5) is 18.3. The maximum absolute atomic E-state index is 13.0. The van der Waals surface area contributed by atoms with Gasteiger partial charge in [0.05, 0.1) is 12.4 Å². The van der Waals surface area contributed by atoms with Crippen molar-refractivity contribution in [3.8, 4) is 22.8 Å². The summed E-state index contributed by atoms with van der Waals surface area (Å²) in [6.07, 6.45) is 7.84. The quantitative estimate of drug-likeness (QED) is 0.322. The number of nitrogens with one attached hydrogen (secondary N) is 1. The van der Waals surface area contributed by atoms with Gasteiger partial charge >= 0.3 is 0 Å². The molecule has 2 heterocycles. The van der Waals surface area contributed by atoms with Crippen molar-refractivity contribution in [1.29, 1.82) is 0 Å². The molecule has 5 rings (SSSR count). The topological polar surface area (TPSA) is 76.0 Å². The fraction of sp³-hybridized carbons (Fsp3) is 0.370. The summed E-state index contributed by atoms with van der Waals surface area (Å²) >= 11 is 1.44. The number of H-pyrrole nitrogens is 1. The average molecular weight is 490 g/mol. The van der Waals surface area contributed by atoms with Crippen LogP contribution in [0.3, 0.4) is 0 Å². The first-order chi connectivity index (χ1) is 17.2. The lowest BCUT2D eigenvalue weighted by Crippen LogP contribution is -2.39. The Bertz CT molecular complexity index is 1290. The predicted molar refractivity (Wildman–Crippen MR) is 140 cm³/mol. The Hall–Kier alpha value is -3.26. The van der Waals surface area contributed by atoms with Crippen molar-refractivity contribution in [3.63, 3.8) is 0 Å². The van der Waals surface area contributed by atoms with E-state index < -0.39 is 0 Å². The molecule has 182 valence electrons. The Kier molecular flexibility index (Phi) is 7.08. The Morgan fingerprint density at radius 1 is 1.11 bits per heavy atom. The van der Waals surface area contributed by atoms with Gasteiger partial charge in [0, 0.05) is 41.4 Å². The Balaban J connectivity index is 1.46. The molecule has 35 heavy (non-hydrogen) atoms. The number of aromatic nitrogens is 4. The van der Waals surface area contributed by atoms with Crippen molar-refractivity contribution >= 4 is 28.6 Å². The van der Waals surface area contributed by atoms with Gasteiger partial charge in [0.2, 0.25) is 5.91 Å². The van der Waals surface area contributed by atoms with E-state index in [1.54, 1.807) is 0 Å². The van der Waals surface area contributed by atoms with Crippen molar-refractivity contribution < 1.29 is 9.53 Å². The Labute approximate surface area is 209 Å². The number of carbonyl (C=O) groups is 1. The first kappa shape index (κ1) is 23.5. The highest BCUT2D eigenvalue weighted by Crippen LogP contribution is 2.33. The van der Waals surface area contributed by atoms with Gasteiger partial charge in [-0.05, 0) is 50.1 Å². The van der Waals surface area contributed by atoms with E-state index in [0.29, 0.717) is 23.6 Å². The second-order valence-corrected chi connectivity index (χ2v) is 9.84. The maximum atomic E-state index is 13.0. The number of para-hydroxylation sites is 1. The number of benzene rings is 2. The van der Waals surface area contributed by atoms with Crippen molar-refractivity contribution in [2.45, 2.75) is 50.2 Å². The lowest BCUT2D eigenvalue weighted by molar-refractivity contribution is -0.129. The van der Waals surface area contributed by atoms with Gasteiger partial charge < -0.3 is 14.6 Å². The number of ether oxygens (including phenoxy) is 1. The molecule has 2 aromatic carbocycles. The minimum absolute atomic E-state index is 0.136. The molecule has 0 bridgehead atoms. The van der Waals surface area contributed by atoms with Crippen LogP contribution < -0.4 is 4.74 Å². The molecule has 1 saturated carbocycles. The average Bonchev–Trinajstić information content (AvgIpc) is 3.52. The number of hydrogen-bond donors (Lipinski definition) is 1. The van der Waals surface area contributed by atoms with Crippen molar-refractivity contribution in [3.05, 3.63) is 54.7 Å². The van der Waals surface area contributed by atoms with E-state index in [4.69, 9.17) is 4.74 Å². The molecule has 0 spiro atoms. The van der Waals surface area contributed by atoms with Gasteiger partial charge in [-0.25, -0.2) is 0 Å². The Morgan fingerprint density at radius 3 is 2.66 bits per heavy atom. The lowest BCUT2D eigenvalue weighted by atomic mass is 9.94. The van der Waals surface area contributed by atoms with Gasteiger partial charge in [-0.3, -0.25) is 9.36 Å². The van der Waals surface area contributed by atoms with E-state index in [1.165, 1.54) is 31.0 Å². The molecule has 1 aliphatic rings. The van der Waals surface area contributed by atoms with E-state index in [0.717, 1.165) is 46.6 Å². The summed E-state index contributed by atoms with van der Waals surface area (Å²) < 4.78 is 7.66. The minimum atomic E-state index is 0.136. The molecule has 1 amide bonds. The molecular weight excluding hydrogens is 458 g/mol. The summed E-state index contributed by atoms with van der Waals surface area (Å²) in [6, 6.07) is 16.4. The molecule has 4 aromatic rings. The van der Waals surface area contributed by atoms with Gasteiger partial charge in [-0.1, -0.05) is 49.2 Å². The first-order valence-electron chi connectivity index (χ1n) is 12.3. The van der Waals surface area contributed by atoms with Crippen LogP contribution in [-0.2, 0) is 4.79 Å². The molecule has 1 N–H and O–H groups in total.